The number of aromatic nitrogens is 3. The number of halogens is 7. The van der Waals surface area contributed by atoms with E-state index >= 15 is 0 Å². The van der Waals surface area contributed by atoms with Gasteiger partial charge in [0, 0.05) is 19.3 Å². The van der Waals surface area contributed by atoms with Crippen molar-refractivity contribution in [2.75, 3.05) is 18.4 Å². The normalized spacial score (nSPS) is 15.7. The lowest BCUT2D eigenvalue weighted by molar-refractivity contribution is -0.143. The fourth-order valence-corrected chi connectivity index (χ4v) is 4.96. The summed E-state index contributed by atoms with van der Waals surface area (Å²) in [6, 6.07) is 2.52. The molecule has 0 spiro atoms. The van der Waals surface area contributed by atoms with Gasteiger partial charge in [0.25, 0.3) is 0 Å². The lowest BCUT2D eigenvalue weighted by atomic mass is 10.1. The number of fused-ring (bicyclic) bond motifs is 1. The van der Waals surface area contributed by atoms with E-state index in [-0.39, 0.29) is 5.82 Å². The third-order valence-corrected chi connectivity index (χ3v) is 6.58. The van der Waals surface area contributed by atoms with Crippen LogP contribution < -0.4 is 5.32 Å². The predicted molar refractivity (Wildman–Crippen MR) is 94.8 cm³/mol. The van der Waals surface area contributed by atoms with Gasteiger partial charge in [-0.05, 0) is 12.1 Å². The van der Waals surface area contributed by atoms with Gasteiger partial charge in [0.15, 0.2) is 28.9 Å². The third kappa shape index (κ3) is 3.50. The number of sulfonamides is 1. The molecule has 1 aromatic carbocycles. The van der Waals surface area contributed by atoms with Crippen molar-refractivity contribution in [3.05, 3.63) is 53.5 Å². The lowest BCUT2D eigenvalue weighted by Crippen LogP contribution is -2.57. The zero-order valence-electron chi connectivity index (χ0n) is 15.5. The maximum Gasteiger partial charge on any atom is 0.420 e. The minimum absolute atomic E-state index is 0.256. The second-order valence-electron chi connectivity index (χ2n) is 6.72. The Morgan fingerprint density at radius 1 is 0.969 bits per heavy atom. The van der Waals surface area contributed by atoms with Crippen LogP contribution in [0.3, 0.4) is 0 Å². The van der Waals surface area contributed by atoms with E-state index in [4.69, 9.17) is 0 Å². The van der Waals surface area contributed by atoms with Crippen molar-refractivity contribution in [1.29, 1.82) is 0 Å². The van der Waals surface area contributed by atoms with Crippen molar-refractivity contribution in [3.8, 4) is 0 Å². The van der Waals surface area contributed by atoms with Gasteiger partial charge in [-0.3, -0.25) is 0 Å². The fraction of sp³-hybridized carbons (Fsp3) is 0.235. The number of anilines is 1. The Morgan fingerprint density at radius 3 is 2.28 bits per heavy atom. The summed E-state index contributed by atoms with van der Waals surface area (Å²) in [7, 11) is -5.37. The maximum atomic E-state index is 14.1. The molecule has 0 aliphatic carbocycles. The van der Waals surface area contributed by atoms with Crippen LogP contribution in [-0.2, 0) is 16.2 Å². The topological polar surface area (TPSA) is 88.1 Å². The van der Waals surface area contributed by atoms with Gasteiger partial charge < -0.3 is 5.32 Å². The molecule has 0 unspecified atom stereocenters. The highest BCUT2D eigenvalue weighted by Gasteiger charge is 2.49. The summed E-state index contributed by atoms with van der Waals surface area (Å²) >= 11 is 0. The number of rotatable bonds is 4. The summed E-state index contributed by atoms with van der Waals surface area (Å²) in [4.78, 5) is 9.62. The predicted octanol–water partition coefficient (Wildman–Crippen LogP) is 3.08. The Hall–Kier alpha value is -3.07. The third-order valence-electron chi connectivity index (χ3n) is 4.70. The average Bonchev–Trinajstić information content (AvgIpc) is 2.70. The van der Waals surface area contributed by atoms with E-state index < -0.39 is 69.1 Å². The van der Waals surface area contributed by atoms with Crippen molar-refractivity contribution in [3.63, 3.8) is 0 Å². The van der Waals surface area contributed by atoms with Gasteiger partial charge in [-0.25, -0.2) is 40.9 Å². The summed E-state index contributed by atoms with van der Waals surface area (Å²) in [5.74, 6) is -10.7. The first-order valence-corrected chi connectivity index (χ1v) is 10.1. The van der Waals surface area contributed by atoms with Crippen LogP contribution in [0.5, 0.6) is 0 Å². The Labute approximate surface area is 175 Å². The van der Waals surface area contributed by atoms with Crippen molar-refractivity contribution in [2.24, 2.45) is 0 Å². The summed E-state index contributed by atoms with van der Waals surface area (Å²) in [6.07, 6.45) is -3.15. The van der Waals surface area contributed by atoms with Crippen LogP contribution in [-0.4, -0.2) is 46.8 Å². The average molecular weight is 481 g/mol. The molecule has 170 valence electrons. The van der Waals surface area contributed by atoms with Gasteiger partial charge >= 0.3 is 6.18 Å². The minimum atomic E-state index is -5.81. The van der Waals surface area contributed by atoms with Crippen LogP contribution in [0.15, 0.2) is 29.6 Å². The van der Waals surface area contributed by atoms with Crippen LogP contribution >= 0.6 is 0 Å². The summed E-state index contributed by atoms with van der Waals surface area (Å²) in [5, 5.41) is 3.32. The van der Waals surface area contributed by atoms with Crippen LogP contribution in [0.1, 0.15) is 5.56 Å². The number of alkyl halides is 3. The zero-order chi connectivity index (χ0) is 23.4. The highest BCUT2D eigenvalue weighted by atomic mass is 32.2. The first-order chi connectivity index (χ1) is 14.9. The van der Waals surface area contributed by atoms with Crippen molar-refractivity contribution >= 4 is 26.9 Å². The van der Waals surface area contributed by atoms with Crippen LogP contribution in [0.2, 0.25) is 0 Å². The van der Waals surface area contributed by atoms with Gasteiger partial charge in [-0.2, -0.15) is 17.5 Å². The van der Waals surface area contributed by atoms with E-state index in [9.17, 15) is 39.2 Å². The molecule has 1 N–H and O–H groups in total. The molecule has 32 heavy (non-hydrogen) atoms. The molecule has 0 atom stereocenters. The maximum absolute atomic E-state index is 14.1. The molecule has 1 aliphatic rings. The number of benzene rings is 1. The monoisotopic (exact) mass is 481 g/mol. The molecule has 1 aliphatic heterocycles. The molecule has 0 amide bonds. The van der Waals surface area contributed by atoms with Gasteiger partial charge in [-0.1, -0.05) is 0 Å². The molecule has 1 fully saturated rings. The van der Waals surface area contributed by atoms with Crippen LogP contribution in [0.4, 0.5) is 36.6 Å². The number of pyridine rings is 1. The second kappa shape index (κ2) is 7.51. The largest absolute Gasteiger partial charge is 0.420 e. The molecule has 4 rings (SSSR count). The van der Waals surface area contributed by atoms with Gasteiger partial charge in [0.2, 0.25) is 10.0 Å². The highest BCUT2D eigenvalue weighted by molar-refractivity contribution is 7.89. The van der Waals surface area contributed by atoms with E-state index in [0.29, 0.717) is 15.3 Å². The van der Waals surface area contributed by atoms with E-state index in [1.807, 2.05) is 0 Å². The molecule has 0 bridgehead atoms. The molecule has 15 heteroatoms. The Kier molecular flexibility index (Phi) is 5.20. The quantitative estimate of drug-likeness (QED) is 0.350. The number of nitrogens with zero attached hydrogens (tertiary/aromatic N) is 4. The summed E-state index contributed by atoms with van der Waals surface area (Å²) in [6.45, 7) is -0.961. The molecular formula is C17H10F7N5O2S. The zero-order valence-corrected chi connectivity index (χ0v) is 16.3. The molecule has 0 radical (unpaired) electrons. The van der Waals surface area contributed by atoms with E-state index in [2.05, 4.69) is 20.3 Å². The standard InChI is InChI=1S/C17H10F7N5O2S/c18-10-9(17(22,23)24)14(13(21)12(20)11(10)19)32(30,31)29-4-7(5-29)28-16-8-2-1-3-25-15(8)26-6-27-16/h1-3,6-7H,4-5H2,(H,25,26,27,28). The first-order valence-electron chi connectivity index (χ1n) is 8.68. The van der Waals surface area contributed by atoms with E-state index in [1.165, 1.54) is 12.5 Å². The van der Waals surface area contributed by atoms with Gasteiger partial charge in [-0.15, -0.1) is 0 Å². The van der Waals surface area contributed by atoms with Gasteiger partial charge in [0.05, 0.1) is 11.4 Å². The summed E-state index contributed by atoms with van der Waals surface area (Å²) in [5.41, 5.74) is -2.42. The molecule has 0 saturated carbocycles. The van der Waals surface area contributed by atoms with Crippen molar-refractivity contribution < 1.29 is 39.2 Å². The SMILES string of the molecule is O=S(=O)(c1c(F)c(F)c(F)c(F)c1C(F)(F)F)N1CC(Nc2ncnc3ncccc23)C1. The molecule has 3 aromatic rings. The molecule has 7 nitrogen and oxygen atoms in total. The molecule has 2 aromatic heterocycles. The van der Waals surface area contributed by atoms with Crippen molar-refractivity contribution in [1.82, 2.24) is 19.3 Å². The van der Waals surface area contributed by atoms with Crippen LogP contribution in [0.25, 0.3) is 11.0 Å². The number of hydrogen-bond acceptors (Lipinski definition) is 6. The van der Waals surface area contributed by atoms with E-state index in [0.717, 1.165) is 0 Å². The van der Waals surface area contributed by atoms with Crippen LogP contribution in [0, 0.1) is 23.3 Å². The Morgan fingerprint density at radius 2 is 1.62 bits per heavy atom. The van der Waals surface area contributed by atoms with E-state index in [1.54, 1.807) is 12.1 Å². The second-order valence-corrected chi connectivity index (χ2v) is 8.59. The number of nitrogens with one attached hydrogen (secondary N) is 1. The smallest absolute Gasteiger partial charge is 0.364 e. The molecule has 3 heterocycles. The number of hydrogen-bond donors (Lipinski definition) is 1. The summed E-state index contributed by atoms with van der Waals surface area (Å²) < 4.78 is 120. The Balaban J connectivity index is 1.64. The van der Waals surface area contributed by atoms with Gasteiger partial charge in [0.1, 0.15) is 22.6 Å². The Bertz CT molecular complexity index is 1320. The fourth-order valence-electron chi connectivity index (χ4n) is 3.17. The first kappa shape index (κ1) is 22.1. The van der Waals surface area contributed by atoms with Crippen molar-refractivity contribution in [2.45, 2.75) is 17.1 Å². The molecule has 1 saturated heterocycles. The lowest BCUT2D eigenvalue weighted by Gasteiger charge is -2.39. The minimum Gasteiger partial charge on any atom is -0.364 e. The highest BCUT2D eigenvalue weighted by Crippen LogP contribution is 2.41. The molecular weight excluding hydrogens is 471 g/mol.